The average Bonchev–Trinajstić information content (AvgIpc) is 3.41. The van der Waals surface area contributed by atoms with Crippen LogP contribution in [0.3, 0.4) is 0 Å². The average molecular weight is 1050 g/mol. The Morgan fingerprint density at radius 1 is 0.280 bits per heavy atom. The Bertz CT molecular complexity index is 1250. The molecule has 440 valence electrons. The van der Waals surface area contributed by atoms with Crippen molar-refractivity contribution in [3.05, 3.63) is 36.5 Å². The molecule has 0 heterocycles. The molecule has 0 saturated heterocycles. The molecule has 0 aromatic rings. The molecule has 1 unspecified atom stereocenters. The maximum Gasteiger partial charge on any atom is 0.306 e. The molecule has 1 atom stereocenters. The van der Waals surface area contributed by atoms with Crippen LogP contribution in [-0.2, 0) is 28.6 Å². The second-order valence-corrected chi connectivity index (χ2v) is 22.7. The van der Waals surface area contributed by atoms with Crippen molar-refractivity contribution in [3.63, 3.8) is 0 Å². The summed E-state index contributed by atoms with van der Waals surface area (Å²) in [5.41, 5.74) is 0. The van der Waals surface area contributed by atoms with E-state index in [1.807, 2.05) is 0 Å². The first-order valence-corrected chi connectivity index (χ1v) is 33.5. The van der Waals surface area contributed by atoms with Crippen LogP contribution >= 0.6 is 0 Å². The van der Waals surface area contributed by atoms with Gasteiger partial charge in [-0.2, -0.15) is 0 Å². The lowest BCUT2D eigenvalue weighted by atomic mass is 10.0. The van der Waals surface area contributed by atoms with Crippen molar-refractivity contribution in [3.8, 4) is 0 Å². The zero-order valence-corrected chi connectivity index (χ0v) is 50.6. The fourth-order valence-corrected chi connectivity index (χ4v) is 10.2. The number of esters is 3. The number of allylic oxidation sites excluding steroid dienone is 6. The van der Waals surface area contributed by atoms with Gasteiger partial charge in [-0.25, -0.2) is 0 Å². The Kier molecular flexibility index (Phi) is 62.1. The van der Waals surface area contributed by atoms with Gasteiger partial charge in [0, 0.05) is 19.3 Å². The summed E-state index contributed by atoms with van der Waals surface area (Å²) in [5, 5.41) is 0. The summed E-state index contributed by atoms with van der Waals surface area (Å²) in [5.74, 6) is -0.862. The number of hydrogen-bond acceptors (Lipinski definition) is 6. The van der Waals surface area contributed by atoms with E-state index in [1.165, 1.54) is 231 Å². The van der Waals surface area contributed by atoms with Gasteiger partial charge in [-0.05, 0) is 51.4 Å². The first-order chi connectivity index (χ1) is 37.0. The van der Waals surface area contributed by atoms with E-state index in [9.17, 15) is 14.4 Å². The van der Waals surface area contributed by atoms with E-state index in [0.29, 0.717) is 19.3 Å². The third-order valence-corrected chi connectivity index (χ3v) is 15.2. The molecular weight excluding hydrogens is 925 g/mol. The highest BCUT2D eigenvalue weighted by atomic mass is 16.6. The first-order valence-electron chi connectivity index (χ1n) is 33.5. The van der Waals surface area contributed by atoms with E-state index in [0.717, 1.165) is 96.3 Å². The maximum absolute atomic E-state index is 12.9. The van der Waals surface area contributed by atoms with Gasteiger partial charge in [-0.1, -0.05) is 333 Å². The van der Waals surface area contributed by atoms with Crippen LogP contribution in [0.15, 0.2) is 36.5 Å². The van der Waals surface area contributed by atoms with E-state index < -0.39 is 6.10 Å². The molecule has 0 saturated carbocycles. The maximum atomic E-state index is 12.9. The first kappa shape index (κ1) is 72.6. The summed E-state index contributed by atoms with van der Waals surface area (Å²) in [6.07, 6.45) is 78.8. The molecule has 0 bridgehead atoms. The monoisotopic (exact) mass is 1050 g/mol. The van der Waals surface area contributed by atoms with Gasteiger partial charge >= 0.3 is 17.9 Å². The number of hydrogen-bond donors (Lipinski definition) is 0. The van der Waals surface area contributed by atoms with Crippen molar-refractivity contribution in [1.29, 1.82) is 0 Å². The molecule has 0 aliphatic heterocycles. The van der Waals surface area contributed by atoms with E-state index in [-0.39, 0.29) is 31.1 Å². The highest BCUT2D eigenvalue weighted by Crippen LogP contribution is 2.18. The molecule has 0 aliphatic rings. The second-order valence-electron chi connectivity index (χ2n) is 22.7. The smallest absolute Gasteiger partial charge is 0.306 e. The Labute approximate surface area is 467 Å². The minimum Gasteiger partial charge on any atom is -0.462 e. The topological polar surface area (TPSA) is 78.9 Å². The van der Waals surface area contributed by atoms with Crippen molar-refractivity contribution in [2.24, 2.45) is 0 Å². The van der Waals surface area contributed by atoms with Gasteiger partial charge in [-0.3, -0.25) is 14.4 Å². The summed E-state index contributed by atoms with van der Waals surface area (Å²) in [4.78, 5) is 38.4. The van der Waals surface area contributed by atoms with Gasteiger partial charge in [0.25, 0.3) is 0 Å². The van der Waals surface area contributed by atoms with Crippen LogP contribution in [0.4, 0.5) is 0 Å². The van der Waals surface area contributed by atoms with Gasteiger partial charge in [0.15, 0.2) is 6.10 Å². The van der Waals surface area contributed by atoms with Crippen molar-refractivity contribution < 1.29 is 28.6 Å². The molecule has 0 amide bonds. The summed E-state index contributed by atoms with van der Waals surface area (Å²) in [6.45, 7) is 6.59. The summed E-state index contributed by atoms with van der Waals surface area (Å²) >= 11 is 0. The third-order valence-electron chi connectivity index (χ3n) is 15.2. The normalized spacial score (nSPS) is 12.2. The number of ether oxygens (including phenoxy) is 3. The molecule has 0 radical (unpaired) electrons. The van der Waals surface area contributed by atoms with Crippen LogP contribution in [0.2, 0.25) is 0 Å². The lowest BCUT2D eigenvalue weighted by molar-refractivity contribution is -0.167. The molecule has 0 spiro atoms. The largest absolute Gasteiger partial charge is 0.462 e. The number of unbranched alkanes of at least 4 members (excludes halogenated alkanes) is 45. The molecule has 6 heteroatoms. The number of carbonyl (C=O) groups is 3. The van der Waals surface area contributed by atoms with Crippen molar-refractivity contribution in [2.75, 3.05) is 13.2 Å². The lowest BCUT2D eigenvalue weighted by Gasteiger charge is -2.18. The zero-order valence-electron chi connectivity index (χ0n) is 50.6. The van der Waals surface area contributed by atoms with Crippen LogP contribution < -0.4 is 0 Å². The molecule has 75 heavy (non-hydrogen) atoms. The fourth-order valence-electron chi connectivity index (χ4n) is 10.2. The summed E-state index contributed by atoms with van der Waals surface area (Å²) < 4.78 is 17.0. The van der Waals surface area contributed by atoms with Gasteiger partial charge in [0.05, 0.1) is 0 Å². The van der Waals surface area contributed by atoms with Gasteiger partial charge in [-0.15, -0.1) is 0 Å². The quantitative estimate of drug-likeness (QED) is 0.0261. The van der Waals surface area contributed by atoms with E-state index in [4.69, 9.17) is 14.2 Å². The molecule has 0 rings (SSSR count). The molecule has 0 aromatic carbocycles. The van der Waals surface area contributed by atoms with Gasteiger partial charge < -0.3 is 14.2 Å². The molecule has 6 nitrogen and oxygen atoms in total. The predicted molar refractivity (Wildman–Crippen MR) is 326 cm³/mol. The minimum absolute atomic E-state index is 0.0720. The zero-order chi connectivity index (χ0) is 54.3. The SMILES string of the molecule is CC/C=C\C/C=C\C/C=C\CCCCCCCC(=O)OCC(COC(=O)CCCCCCCCCCCCCCCCCCCCCCCCCC)OC(=O)CCCCCCCCCCCCCCCCCCCC. The van der Waals surface area contributed by atoms with Crippen LogP contribution in [0.1, 0.15) is 367 Å². The van der Waals surface area contributed by atoms with Crippen molar-refractivity contribution in [2.45, 2.75) is 374 Å². The summed E-state index contributed by atoms with van der Waals surface area (Å²) in [7, 11) is 0. The number of rotatable bonds is 62. The molecule has 0 fully saturated rings. The van der Waals surface area contributed by atoms with Crippen molar-refractivity contribution in [1.82, 2.24) is 0 Å². The van der Waals surface area contributed by atoms with Crippen LogP contribution in [0.5, 0.6) is 0 Å². The number of carbonyl (C=O) groups excluding carboxylic acids is 3. The molecule has 0 aromatic heterocycles. The highest BCUT2D eigenvalue weighted by Gasteiger charge is 2.19. The standard InChI is InChI=1S/C69H128O6/c1-4-7-10-13-16-19-22-25-28-30-32-33-34-35-36-37-39-41-44-47-50-53-56-59-62-68(71)74-65-66(64-73-67(70)61-58-55-52-49-46-43-40-27-24-21-18-15-12-9-6-3)75-69(72)63-60-57-54-51-48-45-42-38-31-29-26-23-20-17-14-11-8-5-2/h9,12,18,21,27,40,66H,4-8,10-11,13-17,19-20,22-26,28-39,41-65H2,1-3H3/b12-9-,21-18-,40-27-. The molecular formula is C69H128O6. The molecule has 0 N–H and O–H groups in total. The molecule has 0 aliphatic carbocycles. The predicted octanol–water partition coefficient (Wildman–Crippen LogP) is 22.8. The van der Waals surface area contributed by atoms with Crippen LogP contribution in [-0.4, -0.2) is 37.2 Å². The Hall–Kier alpha value is -2.37. The van der Waals surface area contributed by atoms with Gasteiger partial charge in [0.1, 0.15) is 13.2 Å². The van der Waals surface area contributed by atoms with E-state index in [2.05, 4.69) is 57.2 Å². The van der Waals surface area contributed by atoms with E-state index >= 15 is 0 Å². The van der Waals surface area contributed by atoms with Crippen LogP contribution in [0, 0.1) is 0 Å². The van der Waals surface area contributed by atoms with Crippen LogP contribution in [0.25, 0.3) is 0 Å². The Balaban J connectivity index is 4.26. The minimum atomic E-state index is -0.776. The van der Waals surface area contributed by atoms with E-state index in [1.54, 1.807) is 0 Å². The summed E-state index contributed by atoms with van der Waals surface area (Å²) in [6, 6.07) is 0. The third kappa shape index (κ3) is 62.4. The van der Waals surface area contributed by atoms with Crippen molar-refractivity contribution >= 4 is 17.9 Å². The Morgan fingerprint density at radius 2 is 0.520 bits per heavy atom. The lowest BCUT2D eigenvalue weighted by Crippen LogP contribution is -2.30. The second kappa shape index (κ2) is 64.2. The fraction of sp³-hybridized carbons (Fsp3) is 0.870. The highest BCUT2D eigenvalue weighted by molar-refractivity contribution is 5.71. The van der Waals surface area contributed by atoms with Gasteiger partial charge in [0.2, 0.25) is 0 Å². The Morgan fingerprint density at radius 3 is 0.813 bits per heavy atom.